The molecular weight excluding hydrogens is 356 g/mol. The summed E-state index contributed by atoms with van der Waals surface area (Å²) in [6.45, 7) is 9.58. The van der Waals surface area contributed by atoms with Crippen LogP contribution in [0.2, 0.25) is 0 Å². The highest BCUT2D eigenvalue weighted by Crippen LogP contribution is 2.22. The third kappa shape index (κ3) is 3.93. The highest BCUT2D eigenvalue weighted by Gasteiger charge is 2.19. The number of nitro benzene ring substituents is 1. The Labute approximate surface area is 152 Å². The van der Waals surface area contributed by atoms with Crippen LogP contribution in [0.3, 0.4) is 0 Å². The van der Waals surface area contributed by atoms with Crippen molar-refractivity contribution >= 4 is 21.9 Å². The van der Waals surface area contributed by atoms with Crippen molar-refractivity contribution in [3.63, 3.8) is 0 Å². The van der Waals surface area contributed by atoms with E-state index < -0.39 is 14.9 Å². The Bertz CT molecular complexity index is 975. The fraction of sp³-hybridized carbons (Fsp3) is 0.353. The minimum Gasteiger partial charge on any atom is -0.346 e. The van der Waals surface area contributed by atoms with Crippen LogP contribution in [0.1, 0.15) is 42.4 Å². The Kier molecular flexibility index (Phi) is 5.50. The van der Waals surface area contributed by atoms with Gasteiger partial charge in [-0.05, 0) is 46.8 Å². The SMILES string of the molecule is Cc1ccc(S(=O)(=O)N/N=C\c2cc(C)n(C(C)C)c2C)cc1[N+](=O)[O-]. The summed E-state index contributed by atoms with van der Waals surface area (Å²) in [5, 5.41) is 14.8. The average molecular weight is 378 g/mol. The van der Waals surface area contributed by atoms with Crippen molar-refractivity contribution < 1.29 is 13.3 Å². The van der Waals surface area contributed by atoms with E-state index in [4.69, 9.17) is 0 Å². The lowest BCUT2D eigenvalue weighted by Gasteiger charge is -2.13. The summed E-state index contributed by atoms with van der Waals surface area (Å²) in [7, 11) is -3.99. The molecule has 140 valence electrons. The Morgan fingerprint density at radius 3 is 2.42 bits per heavy atom. The summed E-state index contributed by atoms with van der Waals surface area (Å²) in [6.07, 6.45) is 1.43. The number of nitrogens with one attached hydrogen (secondary N) is 1. The van der Waals surface area contributed by atoms with Gasteiger partial charge in [0.05, 0.1) is 16.0 Å². The van der Waals surface area contributed by atoms with Crippen molar-refractivity contribution in [2.45, 2.75) is 45.6 Å². The van der Waals surface area contributed by atoms with Gasteiger partial charge in [0.15, 0.2) is 0 Å². The van der Waals surface area contributed by atoms with Gasteiger partial charge in [0.25, 0.3) is 15.7 Å². The van der Waals surface area contributed by atoms with Crippen molar-refractivity contribution in [3.8, 4) is 0 Å². The van der Waals surface area contributed by atoms with Gasteiger partial charge in [0.2, 0.25) is 0 Å². The molecule has 1 N–H and O–H groups in total. The summed E-state index contributed by atoms with van der Waals surface area (Å²) >= 11 is 0. The lowest BCUT2D eigenvalue weighted by Crippen LogP contribution is -2.18. The molecule has 2 aromatic rings. The highest BCUT2D eigenvalue weighted by molar-refractivity contribution is 7.89. The number of nitrogens with zero attached hydrogens (tertiary/aromatic N) is 3. The molecule has 0 saturated heterocycles. The Morgan fingerprint density at radius 2 is 1.88 bits per heavy atom. The third-order valence-electron chi connectivity index (χ3n) is 4.10. The van der Waals surface area contributed by atoms with Gasteiger partial charge < -0.3 is 4.57 Å². The molecule has 0 amide bonds. The van der Waals surface area contributed by atoms with Gasteiger partial charge >= 0.3 is 0 Å². The molecule has 8 nitrogen and oxygen atoms in total. The zero-order valence-corrected chi connectivity index (χ0v) is 16.2. The minimum atomic E-state index is -3.99. The van der Waals surface area contributed by atoms with E-state index in [0.29, 0.717) is 5.56 Å². The van der Waals surface area contributed by atoms with Crippen LogP contribution in [0.5, 0.6) is 0 Å². The molecule has 0 aliphatic heterocycles. The number of aryl methyl sites for hydroxylation is 2. The van der Waals surface area contributed by atoms with Crippen molar-refractivity contribution in [1.82, 2.24) is 9.40 Å². The van der Waals surface area contributed by atoms with Crippen molar-refractivity contribution in [2.24, 2.45) is 5.10 Å². The molecule has 0 saturated carbocycles. The number of nitro groups is 1. The number of hydrogen-bond donors (Lipinski definition) is 1. The molecule has 1 aromatic carbocycles. The van der Waals surface area contributed by atoms with Gasteiger partial charge in [0, 0.05) is 34.6 Å². The van der Waals surface area contributed by atoms with E-state index in [-0.39, 0.29) is 16.6 Å². The van der Waals surface area contributed by atoms with Crippen LogP contribution in [0.25, 0.3) is 0 Å². The normalized spacial score (nSPS) is 12.1. The standard InChI is InChI=1S/C17H22N4O4S/c1-11(2)20-13(4)8-15(14(20)5)10-18-19-26(24,25)16-7-6-12(3)17(9-16)21(22)23/h6-11,19H,1-5H3/b18-10-. The van der Waals surface area contributed by atoms with Crippen LogP contribution < -0.4 is 4.83 Å². The second kappa shape index (κ2) is 7.28. The van der Waals surface area contributed by atoms with Crippen LogP contribution in [0.4, 0.5) is 5.69 Å². The van der Waals surface area contributed by atoms with Gasteiger partial charge in [-0.3, -0.25) is 10.1 Å². The van der Waals surface area contributed by atoms with E-state index in [1.54, 1.807) is 6.92 Å². The monoisotopic (exact) mass is 378 g/mol. The first-order chi connectivity index (χ1) is 12.0. The smallest absolute Gasteiger partial charge is 0.276 e. The highest BCUT2D eigenvalue weighted by atomic mass is 32.2. The molecule has 0 fully saturated rings. The van der Waals surface area contributed by atoms with Crippen LogP contribution in [0, 0.1) is 30.9 Å². The van der Waals surface area contributed by atoms with Gasteiger partial charge in [0.1, 0.15) is 0 Å². The first-order valence-corrected chi connectivity index (χ1v) is 9.51. The maximum atomic E-state index is 12.3. The van der Waals surface area contributed by atoms with E-state index in [9.17, 15) is 18.5 Å². The lowest BCUT2D eigenvalue weighted by molar-refractivity contribution is -0.385. The second-order valence-electron chi connectivity index (χ2n) is 6.35. The average Bonchev–Trinajstić information content (AvgIpc) is 2.81. The molecule has 0 unspecified atom stereocenters. The second-order valence-corrected chi connectivity index (χ2v) is 8.01. The minimum absolute atomic E-state index is 0.209. The Hall–Kier alpha value is -2.68. The number of benzene rings is 1. The molecule has 0 bridgehead atoms. The van der Waals surface area contributed by atoms with E-state index in [1.807, 2.05) is 19.9 Å². The topological polar surface area (TPSA) is 107 Å². The van der Waals surface area contributed by atoms with Crippen LogP contribution in [-0.4, -0.2) is 24.1 Å². The van der Waals surface area contributed by atoms with Crippen molar-refractivity contribution in [3.05, 3.63) is 56.9 Å². The molecule has 0 radical (unpaired) electrons. The number of hydrazone groups is 1. The molecule has 2 rings (SSSR count). The van der Waals surface area contributed by atoms with Crippen LogP contribution in [-0.2, 0) is 10.0 Å². The van der Waals surface area contributed by atoms with E-state index in [2.05, 4.69) is 28.3 Å². The maximum Gasteiger partial charge on any atom is 0.276 e. The Balaban J connectivity index is 2.26. The fourth-order valence-electron chi connectivity index (χ4n) is 2.90. The van der Waals surface area contributed by atoms with E-state index >= 15 is 0 Å². The summed E-state index contributed by atoms with van der Waals surface area (Å²) in [6, 6.07) is 5.93. The quantitative estimate of drug-likeness (QED) is 0.473. The molecular formula is C17H22N4O4S. The number of aromatic nitrogens is 1. The molecule has 0 atom stereocenters. The summed E-state index contributed by atoms with van der Waals surface area (Å²) < 4.78 is 26.8. The fourth-order valence-corrected chi connectivity index (χ4v) is 3.71. The number of hydrogen-bond acceptors (Lipinski definition) is 5. The van der Waals surface area contributed by atoms with E-state index in [1.165, 1.54) is 18.3 Å². The summed E-state index contributed by atoms with van der Waals surface area (Å²) in [4.78, 5) is 12.3. The number of sulfonamides is 1. The molecule has 0 spiro atoms. The van der Waals surface area contributed by atoms with Crippen LogP contribution >= 0.6 is 0 Å². The van der Waals surface area contributed by atoms with Gasteiger partial charge in [-0.15, -0.1) is 0 Å². The summed E-state index contributed by atoms with van der Waals surface area (Å²) in [5.74, 6) is 0. The molecule has 9 heteroatoms. The third-order valence-corrected chi connectivity index (χ3v) is 5.32. The molecule has 26 heavy (non-hydrogen) atoms. The van der Waals surface area contributed by atoms with E-state index in [0.717, 1.165) is 23.0 Å². The zero-order valence-electron chi connectivity index (χ0n) is 15.3. The van der Waals surface area contributed by atoms with Gasteiger partial charge in [-0.25, -0.2) is 4.83 Å². The van der Waals surface area contributed by atoms with Crippen molar-refractivity contribution in [2.75, 3.05) is 0 Å². The number of rotatable bonds is 6. The Morgan fingerprint density at radius 1 is 1.23 bits per heavy atom. The predicted octanol–water partition coefficient (Wildman–Crippen LogP) is 3.21. The van der Waals surface area contributed by atoms with Crippen LogP contribution in [0.15, 0.2) is 34.3 Å². The molecule has 0 aliphatic rings. The molecule has 0 aliphatic carbocycles. The molecule has 1 aromatic heterocycles. The van der Waals surface area contributed by atoms with Gasteiger partial charge in [-0.1, -0.05) is 6.07 Å². The molecule has 1 heterocycles. The summed E-state index contributed by atoms with van der Waals surface area (Å²) in [5.41, 5.74) is 2.96. The van der Waals surface area contributed by atoms with Gasteiger partial charge in [-0.2, -0.15) is 13.5 Å². The maximum absolute atomic E-state index is 12.3. The van der Waals surface area contributed by atoms with Crippen molar-refractivity contribution in [1.29, 1.82) is 0 Å². The first-order valence-electron chi connectivity index (χ1n) is 8.03. The first kappa shape index (κ1) is 19.6. The largest absolute Gasteiger partial charge is 0.346 e. The lowest BCUT2D eigenvalue weighted by atomic mass is 10.2. The predicted molar refractivity (Wildman–Crippen MR) is 100 cm³/mol. The zero-order chi connectivity index (χ0) is 19.6.